The highest BCUT2D eigenvalue weighted by atomic mass is 16.5. The highest BCUT2D eigenvalue weighted by Gasteiger charge is 2.24. The molecule has 0 aliphatic carbocycles. The number of hydrogen-bond acceptors (Lipinski definition) is 4. The number of aryl methyl sites for hydroxylation is 1. The van der Waals surface area contributed by atoms with Crippen molar-refractivity contribution in [2.24, 2.45) is 0 Å². The molecular formula is C17H23N3O2. The van der Waals surface area contributed by atoms with E-state index in [2.05, 4.69) is 32.9 Å². The molecule has 1 atom stereocenters. The molecule has 0 radical (unpaired) electrons. The molecule has 0 fully saturated rings. The number of ether oxygens (including phenoxy) is 1. The zero-order valence-corrected chi connectivity index (χ0v) is 13.0. The zero-order valence-electron chi connectivity index (χ0n) is 13.0. The summed E-state index contributed by atoms with van der Waals surface area (Å²) in [7, 11) is 1.76. The number of aliphatic hydroxyl groups is 1. The number of hydrogen-bond donors (Lipinski definition) is 1. The normalized spacial score (nSPS) is 18.9. The Labute approximate surface area is 131 Å². The van der Waals surface area contributed by atoms with E-state index in [9.17, 15) is 0 Å². The molecule has 0 saturated heterocycles. The maximum Gasteiger partial charge on any atom is 0.0681 e. The molecule has 0 amide bonds. The molecule has 3 rings (SSSR count). The van der Waals surface area contributed by atoms with Crippen LogP contribution in [0.25, 0.3) is 0 Å². The van der Waals surface area contributed by atoms with Crippen molar-refractivity contribution in [3.8, 4) is 0 Å². The first kappa shape index (κ1) is 15.2. The van der Waals surface area contributed by atoms with E-state index >= 15 is 0 Å². The molecule has 2 heterocycles. The van der Waals surface area contributed by atoms with Gasteiger partial charge in [0.1, 0.15) is 0 Å². The molecule has 1 aromatic heterocycles. The van der Waals surface area contributed by atoms with Gasteiger partial charge in [0.2, 0.25) is 0 Å². The van der Waals surface area contributed by atoms with Crippen molar-refractivity contribution in [3.05, 3.63) is 53.3 Å². The number of fused-ring (bicyclic) bond motifs is 1. The maximum atomic E-state index is 9.15. The van der Waals surface area contributed by atoms with E-state index in [1.807, 2.05) is 18.3 Å². The smallest absolute Gasteiger partial charge is 0.0681 e. The molecule has 1 N–H and O–H groups in total. The van der Waals surface area contributed by atoms with Crippen molar-refractivity contribution in [2.45, 2.75) is 38.7 Å². The Morgan fingerprint density at radius 1 is 1.23 bits per heavy atom. The average molecular weight is 301 g/mol. The highest BCUT2D eigenvalue weighted by Crippen LogP contribution is 2.20. The Hall–Kier alpha value is -1.69. The molecule has 1 aromatic carbocycles. The van der Waals surface area contributed by atoms with Gasteiger partial charge in [-0.25, -0.2) is 0 Å². The van der Waals surface area contributed by atoms with Gasteiger partial charge in [-0.2, -0.15) is 5.10 Å². The largest absolute Gasteiger partial charge is 0.392 e. The van der Waals surface area contributed by atoms with Crippen molar-refractivity contribution >= 4 is 0 Å². The van der Waals surface area contributed by atoms with E-state index in [4.69, 9.17) is 9.84 Å². The molecule has 1 aliphatic heterocycles. The van der Waals surface area contributed by atoms with Crippen LogP contribution in [-0.4, -0.2) is 39.5 Å². The molecular weight excluding hydrogens is 278 g/mol. The van der Waals surface area contributed by atoms with Crippen LogP contribution >= 0.6 is 0 Å². The maximum absolute atomic E-state index is 9.15. The monoisotopic (exact) mass is 301 g/mol. The SMILES string of the molecule is COC[C@@H]1CCn2nccc2CN1Cc1ccc(CO)cc1. The Bertz CT molecular complexity index is 594. The van der Waals surface area contributed by atoms with E-state index in [1.165, 1.54) is 11.3 Å². The second-order valence-corrected chi connectivity index (χ2v) is 5.82. The summed E-state index contributed by atoms with van der Waals surface area (Å²) in [6.45, 7) is 3.53. The molecule has 0 unspecified atom stereocenters. The quantitative estimate of drug-likeness (QED) is 0.915. The lowest BCUT2D eigenvalue weighted by molar-refractivity contribution is 0.0780. The van der Waals surface area contributed by atoms with Gasteiger partial charge in [0.05, 0.1) is 18.9 Å². The van der Waals surface area contributed by atoms with Crippen molar-refractivity contribution in [3.63, 3.8) is 0 Å². The van der Waals surface area contributed by atoms with E-state index < -0.39 is 0 Å². The van der Waals surface area contributed by atoms with Crippen LogP contribution < -0.4 is 0 Å². The fourth-order valence-electron chi connectivity index (χ4n) is 3.04. The number of aromatic nitrogens is 2. The minimum absolute atomic E-state index is 0.0927. The summed E-state index contributed by atoms with van der Waals surface area (Å²) in [5.74, 6) is 0. The molecule has 1 aliphatic rings. The lowest BCUT2D eigenvalue weighted by atomic mass is 10.1. The van der Waals surface area contributed by atoms with Gasteiger partial charge in [-0.3, -0.25) is 9.58 Å². The van der Waals surface area contributed by atoms with Crippen LogP contribution in [0.5, 0.6) is 0 Å². The number of nitrogens with zero attached hydrogens (tertiary/aromatic N) is 3. The molecule has 22 heavy (non-hydrogen) atoms. The minimum atomic E-state index is 0.0927. The average Bonchev–Trinajstić information content (AvgIpc) is 2.92. The van der Waals surface area contributed by atoms with Crippen LogP contribution in [0.3, 0.4) is 0 Å². The van der Waals surface area contributed by atoms with E-state index in [1.54, 1.807) is 7.11 Å². The van der Waals surface area contributed by atoms with Crippen molar-refractivity contribution in [1.82, 2.24) is 14.7 Å². The lowest BCUT2D eigenvalue weighted by Crippen LogP contribution is -2.36. The first-order chi connectivity index (χ1) is 10.8. The van der Waals surface area contributed by atoms with Gasteiger partial charge in [-0.1, -0.05) is 24.3 Å². The summed E-state index contributed by atoms with van der Waals surface area (Å²) in [5, 5.41) is 13.5. The fourth-order valence-corrected chi connectivity index (χ4v) is 3.04. The fraction of sp³-hybridized carbons (Fsp3) is 0.471. The number of aliphatic hydroxyl groups excluding tert-OH is 1. The third kappa shape index (κ3) is 3.38. The second kappa shape index (κ2) is 7.05. The molecule has 0 bridgehead atoms. The van der Waals surface area contributed by atoms with Crippen LogP contribution in [0.15, 0.2) is 36.5 Å². The van der Waals surface area contributed by atoms with Gasteiger partial charge >= 0.3 is 0 Å². The Morgan fingerprint density at radius 3 is 2.73 bits per heavy atom. The van der Waals surface area contributed by atoms with Crippen molar-refractivity contribution < 1.29 is 9.84 Å². The van der Waals surface area contributed by atoms with E-state index in [0.717, 1.165) is 38.2 Å². The standard InChI is InChI=1S/C17H23N3O2/c1-22-13-17-7-9-20-16(6-8-18-20)11-19(17)10-14-2-4-15(12-21)5-3-14/h2-6,8,17,21H,7,9-13H2,1H3/t17-/m0/s1. The van der Waals surface area contributed by atoms with Gasteiger partial charge in [0.25, 0.3) is 0 Å². The van der Waals surface area contributed by atoms with Gasteiger partial charge in [0.15, 0.2) is 0 Å². The number of benzene rings is 1. The Kier molecular flexibility index (Phi) is 4.87. The first-order valence-electron chi connectivity index (χ1n) is 7.72. The topological polar surface area (TPSA) is 50.5 Å². The van der Waals surface area contributed by atoms with Crippen LogP contribution in [-0.2, 0) is 31.0 Å². The second-order valence-electron chi connectivity index (χ2n) is 5.82. The van der Waals surface area contributed by atoms with E-state index in [0.29, 0.717) is 6.04 Å². The molecule has 5 nitrogen and oxygen atoms in total. The third-order valence-electron chi connectivity index (χ3n) is 4.31. The number of rotatable bonds is 5. The Balaban J connectivity index is 1.77. The summed E-state index contributed by atoms with van der Waals surface area (Å²) >= 11 is 0. The van der Waals surface area contributed by atoms with Gasteiger partial charge in [-0.15, -0.1) is 0 Å². The van der Waals surface area contributed by atoms with Crippen LogP contribution in [0, 0.1) is 0 Å². The van der Waals surface area contributed by atoms with Crippen LogP contribution in [0.2, 0.25) is 0 Å². The molecule has 0 spiro atoms. The first-order valence-corrected chi connectivity index (χ1v) is 7.72. The minimum Gasteiger partial charge on any atom is -0.392 e. The summed E-state index contributed by atoms with van der Waals surface area (Å²) in [6, 6.07) is 10.7. The number of methoxy groups -OCH3 is 1. The summed E-state index contributed by atoms with van der Waals surface area (Å²) in [6.07, 6.45) is 2.91. The molecule has 118 valence electrons. The summed E-state index contributed by atoms with van der Waals surface area (Å²) in [5.41, 5.74) is 3.46. The summed E-state index contributed by atoms with van der Waals surface area (Å²) < 4.78 is 7.51. The van der Waals surface area contributed by atoms with E-state index in [-0.39, 0.29) is 6.61 Å². The van der Waals surface area contributed by atoms with Crippen molar-refractivity contribution in [1.29, 1.82) is 0 Å². The summed E-state index contributed by atoms with van der Waals surface area (Å²) in [4.78, 5) is 2.46. The lowest BCUT2D eigenvalue weighted by Gasteiger charge is -2.29. The molecule has 2 aromatic rings. The van der Waals surface area contributed by atoms with Gasteiger partial charge in [-0.05, 0) is 23.6 Å². The zero-order chi connectivity index (χ0) is 15.4. The predicted octanol–water partition coefficient (Wildman–Crippen LogP) is 1.80. The predicted molar refractivity (Wildman–Crippen MR) is 84.1 cm³/mol. The molecule has 5 heteroatoms. The van der Waals surface area contributed by atoms with Crippen LogP contribution in [0.4, 0.5) is 0 Å². The highest BCUT2D eigenvalue weighted by molar-refractivity contribution is 5.22. The van der Waals surface area contributed by atoms with Crippen molar-refractivity contribution in [2.75, 3.05) is 13.7 Å². The third-order valence-corrected chi connectivity index (χ3v) is 4.31. The van der Waals surface area contributed by atoms with Gasteiger partial charge in [0, 0.05) is 39.0 Å². The Morgan fingerprint density at radius 2 is 2.00 bits per heavy atom. The van der Waals surface area contributed by atoms with Crippen LogP contribution in [0.1, 0.15) is 23.2 Å². The molecule has 0 saturated carbocycles. The van der Waals surface area contributed by atoms with Gasteiger partial charge < -0.3 is 9.84 Å².